The maximum absolute atomic E-state index is 12.3. The summed E-state index contributed by atoms with van der Waals surface area (Å²) in [5, 5.41) is 3.33. The molecule has 0 aliphatic heterocycles. The minimum Gasteiger partial charge on any atom is -0.495 e. The Bertz CT molecular complexity index is 829. The number of thioether (sulfide) groups is 1. The van der Waals surface area contributed by atoms with Crippen LogP contribution in [0.2, 0.25) is 10.0 Å². The first kappa shape index (κ1) is 20.4. The zero-order chi connectivity index (χ0) is 19.3. The Labute approximate surface area is 166 Å². The number of carbonyl (C=O) groups excluding carboxylic acids is 2. The van der Waals surface area contributed by atoms with Crippen molar-refractivity contribution in [2.75, 3.05) is 18.7 Å². The van der Waals surface area contributed by atoms with Crippen molar-refractivity contribution in [2.24, 2.45) is 0 Å². The van der Waals surface area contributed by atoms with Crippen LogP contribution in [-0.4, -0.2) is 31.3 Å². The lowest BCUT2D eigenvalue weighted by Gasteiger charge is -2.16. The molecule has 2 aromatic rings. The Kier molecular flexibility index (Phi) is 7.20. The molecule has 0 unspecified atom stereocenters. The molecule has 8 heteroatoms. The molecule has 0 bridgehead atoms. The molecule has 5 nitrogen and oxygen atoms in total. The molecule has 0 saturated carbocycles. The number of amides is 1. The van der Waals surface area contributed by atoms with Crippen molar-refractivity contribution in [3.05, 3.63) is 52.0 Å². The molecule has 1 atom stereocenters. The minimum absolute atomic E-state index is 0.207. The number of anilines is 1. The molecule has 0 aromatic heterocycles. The summed E-state index contributed by atoms with van der Waals surface area (Å²) in [6.07, 6.45) is 0.840. The number of hydrogen-bond acceptors (Lipinski definition) is 5. The van der Waals surface area contributed by atoms with Crippen LogP contribution in [0.1, 0.15) is 17.3 Å². The monoisotopic (exact) mass is 413 g/mol. The van der Waals surface area contributed by atoms with E-state index in [1.807, 2.05) is 6.26 Å². The average Bonchev–Trinajstić information content (AvgIpc) is 2.62. The Morgan fingerprint density at radius 2 is 1.88 bits per heavy atom. The maximum atomic E-state index is 12.3. The van der Waals surface area contributed by atoms with E-state index in [2.05, 4.69) is 5.32 Å². The summed E-state index contributed by atoms with van der Waals surface area (Å²) < 4.78 is 10.4. The van der Waals surface area contributed by atoms with Crippen molar-refractivity contribution in [1.82, 2.24) is 0 Å². The lowest BCUT2D eigenvalue weighted by atomic mass is 10.2. The van der Waals surface area contributed by atoms with Crippen LogP contribution in [0.5, 0.6) is 5.75 Å². The van der Waals surface area contributed by atoms with Gasteiger partial charge in [0.1, 0.15) is 5.75 Å². The van der Waals surface area contributed by atoms with Gasteiger partial charge in [-0.2, -0.15) is 0 Å². The Morgan fingerprint density at radius 1 is 1.15 bits per heavy atom. The van der Waals surface area contributed by atoms with Gasteiger partial charge in [-0.1, -0.05) is 23.2 Å². The zero-order valence-electron chi connectivity index (χ0n) is 14.3. The van der Waals surface area contributed by atoms with Crippen LogP contribution in [0, 0.1) is 0 Å². The van der Waals surface area contributed by atoms with E-state index >= 15 is 0 Å². The molecule has 0 saturated heterocycles. The number of halogens is 2. The largest absolute Gasteiger partial charge is 0.495 e. The third-order valence-corrected chi connectivity index (χ3v) is 4.76. The van der Waals surface area contributed by atoms with Gasteiger partial charge in [0.25, 0.3) is 5.91 Å². The Hall–Kier alpha value is -1.89. The van der Waals surface area contributed by atoms with Gasteiger partial charge in [-0.3, -0.25) is 4.79 Å². The highest BCUT2D eigenvalue weighted by Gasteiger charge is 2.22. The fourth-order valence-electron chi connectivity index (χ4n) is 2.08. The number of nitrogens with one attached hydrogen (secondary N) is 1. The summed E-state index contributed by atoms with van der Waals surface area (Å²) in [4.78, 5) is 25.5. The second kappa shape index (κ2) is 9.16. The summed E-state index contributed by atoms with van der Waals surface area (Å²) in [5.41, 5.74) is 0.591. The summed E-state index contributed by atoms with van der Waals surface area (Å²) in [6.45, 7) is 1.47. The number of esters is 1. The van der Waals surface area contributed by atoms with E-state index in [9.17, 15) is 9.59 Å². The SMILES string of the molecule is COc1ccc(Cl)cc1NC(=O)[C@H](C)OC(=O)c1cc(SC)ccc1Cl. The average molecular weight is 414 g/mol. The predicted octanol–water partition coefficient (Wildman–Crippen LogP) is 4.91. The van der Waals surface area contributed by atoms with Gasteiger partial charge in [0.05, 0.1) is 23.4 Å². The van der Waals surface area contributed by atoms with Crippen LogP contribution in [0.15, 0.2) is 41.3 Å². The number of methoxy groups -OCH3 is 1. The molecule has 1 N–H and O–H groups in total. The number of rotatable bonds is 6. The molecule has 0 radical (unpaired) electrons. The van der Waals surface area contributed by atoms with Crippen LogP contribution in [0.4, 0.5) is 5.69 Å². The van der Waals surface area contributed by atoms with Gasteiger partial charge in [0.15, 0.2) is 6.10 Å². The molecule has 138 valence electrons. The highest BCUT2D eigenvalue weighted by atomic mass is 35.5. The fourth-order valence-corrected chi connectivity index (χ4v) is 2.88. The van der Waals surface area contributed by atoms with Gasteiger partial charge in [0, 0.05) is 9.92 Å². The Balaban J connectivity index is 2.10. The molecular formula is C18H17Cl2NO4S. The molecule has 2 aromatic carbocycles. The molecule has 26 heavy (non-hydrogen) atoms. The molecule has 0 aliphatic rings. The van der Waals surface area contributed by atoms with Crippen molar-refractivity contribution < 1.29 is 19.1 Å². The summed E-state index contributed by atoms with van der Waals surface area (Å²) in [7, 11) is 1.48. The van der Waals surface area contributed by atoms with Crippen LogP contribution >= 0.6 is 35.0 Å². The number of benzene rings is 2. The highest BCUT2D eigenvalue weighted by Crippen LogP contribution is 2.28. The highest BCUT2D eigenvalue weighted by molar-refractivity contribution is 7.98. The van der Waals surface area contributed by atoms with Crippen molar-refractivity contribution in [2.45, 2.75) is 17.9 Å². The quantitative estimate of drug-likeness (QED) is 0.538. The van der Waals surface area contributed by atoms with E-state index in [0.29, 0.717) is 16.5 Å². The molecule has 0 fully saturated rings. The lowest BCUT2D eigenvalue weighted by Crippen LogP contribution is -2.30. The molecule has 0 spiro atoms. The van der Waals surface area contributed by atoms with E-state index in [0.717, 1.165) is 4.90 Å². The van der Waals surface area contributed by atoms with E-state index in [1.54, 1.807) is 36.4 Å². The van der Waals surface area contributed by atoms with E-state index < -0.39 is 18.0 Å². The van der Waals surface area contributed by atoms with Gasteiger partial charge in [-0.05, 0) is 49.6 Å². The van der Waals surface area contributed by atoms with Gasteiger partial charge in [-0.15, -0.1) is 11.8 Å². The van der Waals surface area contributed by atoms with Crippen LogP contribution in [-0.2, 0) is 9.53 Å². The molecular weight excluding hydrogens is 397 g/mol. The third-order valence-electron chi connectivity index (χ3n) is 3.47. The number of carbonyl (C=O) groups is 2. The lowest BCUT2D eigenvalue weighted by molar-refractivity contribution is -0.123. The smallest absolute Gasteiger partial charge is 0.340 e. The maximum Gasteiger partial charge on any atom is 0.340 e. The topological polar surface area (TPSA) is 64.6 Å². The van der Waals surface area contributed by atoms with Gasteiger partial charge in [0.2, 0.25) is 0 Å². The number of hydrogen-bond donors (Lipinski definition) is 1. The first-order valence-corrected chi connectivity index (χ1v) is 9.52. The van der Waals surface area contributed by atoms with Gasteiger partial charge in [-0.25, -0.2) is 4.79 Å². The molecule has 1 amide bonds. The van der Waals surface area contributed by atoms with Crippen LogP contribution < -0.4 is 10.1 Å². The number of ether oxygens (including phenoxy) is 2. The van der Waals surface area contributed by atoms with Gasteiger partial charge >= 0.3 is 5.97 Å². The predicted molar refractivity (Wildman–Crippen MR) is 105 cm³/mol. The summed E-state index contributed by atoms with van der Waals surface area (Å²) in [6, 6.07) is 9.85. The first-order chi connectivity index (χ1) is 12.3. The second-order valence-electron chi connectivity index (χ2n) is 5.23. The fraction of sp³-hybridized carbons (Fsp3) is 0.222. The van der Waals surface area contributed by atoms with Crippen LogP contribution in [0.3, 0.4) is 0 Å². The second-order valence-corrected chi connectivity index (χ2v) is 6.95. The summed E-state index contributed by atoms with van der Waals surface area (Å²) >= 11 is 13.5. The van der Waals surface area contributed by atoms with E-state index in [1.165, 1.54) is 25.8 Å². The summed E-state index contributed by atoms with van der Waals surface area (Å²) in [5.74, 6) is -0.750. The van der Waals surface area contributed by atoms with Crippen molar-refractivity contribution in [1.29, 1.82) is 0 Å². The van der Waals surface area contributed by atoms with Gasteiger partial charge < -0.3 is 14.8 Å². The Morgan fingerprint density at radius 3 is 2.54 bits per heavy atom. The normalized spacial score (nSPS) is 11.6. The molecule has 0 aliphatic carbocycles. The van der Waals surface area contributed by atoms with Crippen LogP contribution in [0.25, 0.3) is 0 Å². The molecule has 2 rings (SSSR count). The van der Waals surface area contributed by atoms with E-state index in [4.69, 9.17) is 32.7 Å². The zero-order valence-corrected chi connectivity index (χ0v) is 16.7. The van der Waals surface area contributed by atoms with Crippen molar-refractivity contribution >= 4 is 52.5 Å². The van der Waals surface area contributed by atoms with Crippen molar-refractivity contribution in [3.8, 4) is 5.75 Å². The standard InChI is InChI=1S/C18H17Cl2NO4S/c1-10(17(22)21-15-8-11(19)4-7-16(15)24-2)25-18(23)13-9-12(26-3)5-6-14(13)20/h4-10H,1-3H3,(H,21,22)/t10-/m0/s1. The minimum atomic E-state index is -1.04. The van der Waals surface area contributed by atoms with Crippen molar-refractivity contribution in [3.63, 3.8) is 0 Å². The molecule has 0 heterocycles. The first-order valence-electron chi connectivity index (χ1n) is 7.54. The van der Waals surface area contributed by atoms with E-state index in [-0.39, 0.29) is 10.6 Å². The third kappa shape index (κ3) is 5.06.